The molecule has 1 aliphatic heterocycles. The quantitative estimate of drug-likeness (QED) is 0.486. The van der Waals surface area contributed by atoms with E-state index in [-0.39, 0.29) is 18.5 Å². The number of hydrogen-bond acceptors (Lipinski definition) is 4. The highest BCUT2D eigenvalue weighted by Gasteiger charge is 2.55. The Balaban J connectivity index is 1.30. The molecule has 0 aromatic heterocycles. The monoisotopic (exact) mass is 448 g/mol. The Kier molecular flexibility index (Phi) is 6.89. The number of nitrogens with zero attached hydrogens (tertiary/aromatic N) is 3. The Bertz CT molecular complexity index is 894. The number of ether oxygens (including phenoxy) is 1. The van der Waals surface area contributed by atoms with Gasteiger partial charge in [0.25, 0.3) is 0 Å². The lowest BCUT2D eigenvalue weighted by molar-refractivity contribution is 0.0904. The zero-order valence-electron chi connectivity index (χ0n) is 19.0. The van der Waals surface area contributed by atoms with Crippen LogP contribution in [0.5, 0.6) is 0 Å². The van der Waals surface area contributed by atoms with Crippen LogP contribution in [-0.2, 0) is 21.2 Å². The van der Waals surface area contributed by atoms with Gasteiger partial charge in [0, 0.05) is 39.3 Å². The Morgan fingerprint density at radius 2 is 1.97 bits per heavy atom. The van der Waals surface area contributed by atoms with Gasteiger partial charge in [-0.2, -0.15) is 4.31 Å². The molecule has 31 heavy (non-hydrogen) atoms. The molecular weight excluding hydrogens is 412 g/mol. The number of rotatable bonds is 8. The molecule has 7 nitrogen and oxygen atoms in total. The van der Waals surface area contributed by atoms with Crippen LogP contribution in [0.3, 0.4) is 0 Å². The fourth-order valence-corrected chi connectivity index (χ4v) is 6.33. The number of sulfonamides is 1. The summed E-state index contributed by atoms with van der Waals surface area (Å²) in [5, 5.41) is 3.41. The maximum absolute atomic E-state index is 12.6. The van der Waals surface area contributed by atoms with Gasteiger partial charge in [0.1, 0.15) is 0 Å². The minimum Gasteiger partial charge on any atom is -0.378 e. The Morgan fingerprint density at radius 1 is 1.23 bits per heavy atom. The van der Waals surface area contributed by atoms with Gasteiger partial charge in [-0.15, -0.1) is 0 Å². The molecule has 1 aromatic carbocycles. The van der Waals surface area contributed by atoms with E-state index in [0.29, 0.717) is 38.0 Å². The first-order chi connectivity index (χ1) is 14.9. The molecule has 2 aliphatic carbocycles. The van der Waals surface area contributed by atoms with E-state index < -0.39 is 10.0 Å². The third-order valence-electron chi connectivity index (χ3n) is 6.71. The summed E-state index contributed by atoms with van der Waals surface area (Å²) in [7, 11) is -3.27. The van der Waals surface area contributed by atoms with Gasteiger partial charge < -0.3 is 15.0 Å². The average Bonchev–Trinajstić information content (AvgIpc) is 3.28. The van der Waals surface area contributed by atoms with Gasteiger partial charge in [0.15, 0.2) is 5.96 Å². The van der Waals surface area contributed by atoms with Crippen molar-refractivity contribution in [3.63, 3.8) is 0 Å². The van der Waals surface area contributed by atoms with Crippen molar-refractivity contribution >= 4 is 16.0 Å². The Morgan fingerprint density at radius 3 is 2.68 bits per heavy atom. The molecule has 1 N–H and O–H groups in total. The van der Waals surface area contributed by atoms with Crippen LogP contribution in [0.1, 0.15) is 37.8 Å². The molecule has 0 radical (unpaired) electrons. The fraction of sp³-hybridized carbons (Fsp3) is 0.696. The van der Waals surface area contributed by atoms with E-state index in [1.165, 1.54) is 17.5 Å². The molecule has 3 unspecified atom stereocenters. The van der Waals surface area contributed by atoms with Crippen LogP contribution in [0.2, 0.25) is 0 Å². The molecule has 1 aromatic rings. The third-order valence-corrected chi connectivity index (χ3v) is 8.55. The molecule has 8 heteroatoms. The summed E-state index contributed by atoms with van der Waals surface area (Å²) in [6.07, 6.45) is 1.24. The maximum atomic E-state index is 12.6. The van der Waals surface area contributed by atoms with Crippen LogP contribution in [0.15, 0.2) is 29.3 Å². The minimum atomic E-state index is -3.27. The van der Waals surface area contributed by atoms with Crippen LogP contribution in [-0.4, -0.2) is 81.3 Å². The summed E-state index contributed by atoms with van der Waals surface area (Å²) < 4.78 is 32.2. The number of nitrogens with one attached hydrogen (secondary N) is 1. The van der Waals surface area contributed by atoms with Gasteiger partial charge in [-0.3, -0.25) is 4.99 Å². The van der Waals surface area contributed by atoms with Crippen molar-refractivity contribution in [2.45, 2.75) is 39.2 Å². The summed E-state index contributed by atoms with van der Waals surface area (Å²) in [6.45, 7) is 10.1. The molecule has 0 amide bonds. The first-order valence-electron chi connectivity index (χ1n) is 11.6. The van der Waals surface area contributed by atoms with Crippen LogP contribution < -0.4 is 5.32 Å². The second kappa shape index (κ2) is 9.46. The second-order valence-corrected chi connectivity index (χ2v) is 11.2. The standard InChI is InChI=1S/C23H36N4O3S/c1-4-24-23(25-16-21-20-15-18-7-5-6-8-19(18)22(20)21)26-9-11-27(12-10-26)31(28,29)14-13-30-17(2)3/h5-8,17,20-22H,4,9-16H2,1-3H3,(H,24,25). The molecule has 172 valence electrons. The minimum absolute atomic E-state index is 0.0467. The highest BCUT2D eigenvalue weighted by atomic mass is 32.2. The number of piperazine rings is 1. The molecule has 1 saturated heterocycles. The molecule has 1 saturated carbocycles. The molecule has 0 bridgehead atoms. The summed E-state index contributed by atoms with van der Waals surface area (Å²) in [5.74, 6) is 3.04. The van der Waals surface area contributed by atoms with E-state index in [0.717, 1.165) is 25.0 Å². The maximum Gasteiger partial charge on any atom is 0.216 e. The molecule has 1 heterocycles. The molecular formula is C23H36N4O3S. The van der Waals surface area contributed by atoms with Gasteiger partial charge in [-0.05, 0) is 56.1 Å². The number of guanidine groups is 1. The Hall–Kier alpha value is -1.64. The van der Waals surface area contributed by atoms with Crippen molar-refractivity contribution in [1.29, 1.82) is 0 Å². The summed E-state index contributed by atoms with van der Waals surface area (Å²) in [4.78, 5) is 7.15. The topological polar surface area (TPSA) is 74.2 Å². The lowest BCUT2D eigenvalue weighted by atomic mass is 10.0. The lowest BCUT2D eigenvalue weighted by Crippen LogP contribution is -2.54. The van der Waals surface area contributed by atoms with Crippen LogP contribution in [0.4, 0.5) is 0 Å². The lowest BCUT2D eigenvalue weighted by Gasteiger charge is -2.36. The largest absolute Gasteiger partial charge is 0.378 e. The number of fused-ring (bicyclic) bond motifs is 3. The third kappa shape index (κ3) is 5.07. The zero-order valence-corrected chi connectivity index (χ0v) is 19.8. The smallest absolute Gasteiger partial charge is 0.216 e. The number of aliphatic imine (C=N–C) groups is 1. The predicted molar refractivity (Wildman–Crippen MR) is 124 cm³/mol. The highest BCUT2D eigenvalue weighted by Crippen LogP contribution is 2.61. The van der Waals surface area contributed by atoms with Crippen molar-refractivity contribution in [1.82, 2.24) is 14.5 Å². The molecule has 2 fully saturated rings. The Labute approximate surface area is 186 Å². The summed E-state index contributed by atoms with van der Waals surface area (Å²) >= 11 is 0. The summed E-state index contributed by atoms with van der Waals surface area (Å²) in [5.41, 5.74) is 3.04. The van der Waals surface area contributed by atoms with Crippen LogP contribution in [0, 0.1) is 11.8 Å². The van der Waals surface area contributed by atoms with E-state index in [4.69, 9.17) is 9.73 Å². The van der Waals surface area contributed by atoms with Gasteiger partial charge in [0.05, 0.1) is 18.5 Å². The first kappa shape index (κ1) is 22.6. The molecule has 4 rings (SSSR count). The van der Waals surface area contributed by atoms with E-state index in [9.17, 15) is 8.42 Å². The van der Waals surface area contributed by atoms with Gasteiger partial charge in [-0.1, -0.05) is 24.3 Å². The summed E-state index contributed by atoms with van der Waals surface area (Å²) in [6, 6.07) is 8.82. The number of hydrogen-bond donors (Lipinski definition) is 1. The van der Waals surface area contributed by atoms with Gasteiger partial charge in [-0.25, -0.2) is 8.42 Å². The van der Waals surface area contributed by atoms with Gasteiger partial charge >= 0.3 is 0 Å². The van der Waals surface area contributed by atoms with Crippen molar-refractivity contribution in [2.24, 2.45) is 16.8 Å². The zero-order chi connectivity index (χ0) is 22.0. The number of benzene rings is 1. The van der Waals surface area contributed by atoms with Crippen LogP contribution >= 0.6 is 0 Å². The molecule has 0 spiro atoms. The highest BCUT2D eigenvalue weighted by molar-refractivity contribution is 7.89. The molecule has 3 atom stereocenters. The first-order valence-corrected chi connectivity index (χ1v) is 13.2. The van der Waals surface area contributed by atoms with E-state index >= 15 is 0 Å². The molecule has 3 aliphatic rings. The van der Waals surface area contributed by atoms with Crippen molar-refractivity contribution in [3.8, 4) is 0 Å². The predicted octanol–water partition coefficient (Wildman–Crippen LogP) is 1.91. The van der Waals surface area contributed by atoms with Crippen molar-refractivity contribution in [2.75, 3.05) is 51.6 Å². The van der Waals surface area contributed by atoms with Gasteiger partial charge in [0.2, 0.25) is 10.0 Å². The van der Waals surface area contributed by atoms with Crippen LogP contribution in [0.25, 0.3) is 0 Å². The second-order valence-electron chi connectivity index (χ2n) is 9.07. The van der Waals surface area contributed by atoms with E-state index in [1.54, 1.807) is 4.31 Å². The van der Waals surface area contributed by atoms with E-state index in [1.807, 2.05) is 13.8 Å². The van der Waals surface area contributed by atoms with Crippen molar-refractivity contribution < 1.29 is 13.2 Å². The van der Waals surface area contributed by atoms with E-state index in [2.05, 4.69) is 41.4 Å². The fourth-order valence-electron chi connectivity index (χ4n) is 5.05. The van der Waals surface area contributed by atoms with Crippen molar-refractivity contribution in [3.05, 3.63) is 35.4 Å². The average molecular weight is 449 g/mol. The normalized spacial score (nSPS) is 26.1. The SMILES string of the molecule is CCNC(=NCC1C2Cc3ccccc3C12)N1CCN(S(=O)(=O)CCOC(C)C)CC1.